The lowest BCUT2D eigenvalue weighted by molar-refractivity contribution is -0.121. The van der Waals surface area contributed by atoms with Gasteiger partial charge < -0.3 is 10.6 Å². The van der Waals surface area contributed by atoms with Gasteiger partial charge in [0.2, 0.25) is 5.91 Å². The van der Waals surface area contributed by atoms with E-state index in [2.05, 4.69) is 53.6 Å². The minimum Gasteiger partial charge on any atom is -0.352 e. The highest BCUT2D eigenvalue weighted by molar-refractivity contribution is 5.85. The summed E-state index contributed by atoms with van der Waals surface area (Å²) in [6.07, 6.45) is 4.26. The maximum absolute atomic E-state index is 12.0. The summed E-state index contributed by atoms with van der Waals surface area (Å²) >= 11 is 0. The summed E-state index contributed by atoms with van der Waals surface area (Å²) in [6, 6.07) is 9.10. The summed E-state index contributed by atoms with van der Waals surface area (Å²) in [4.78, 5) is 14.6. The first-order valence-electron chi connectivity index (χ1n) is 9.88. The first-order chi connectivity index (χ1) is 12.1. The maximum atomic E-state index is 12.0. The van der Waals surface area contributed by atoms with Gasteiger partial charge >= 0.3 is 0 Å². The molecule has 1 aromatic rings. The molecule has 4 nitrogen and oxygen atoms in total. The molecule has 0 bridgehead atoms. The summed E-state index contributed by atoms with van der Waals surface area (Å²) in [5, 5.41) is 6.42. The molecule has 0 aromatic heterocycles. The van der Waals surface area contributed by atoms with Crippen molar-refractivity contribution in [1.29, 1.82) is 0 Å². The largest absolute Gasteiger partial charge is 0.352 e. The zero-order chi connectivity index (χ0) is 17.6. The predicted molar refractivity (Wildman–Crippen MR) is 117 cm³/mol. The standard InChI is InChI=1S/C21H33N3O.2ClH/c1-16-10-17(2)14-24(13-16)15-19-7-5-18(6-8-19)12-23-21(25)11-20-4-3-9-22-20;;/h5-8,16-17,20,22H,3-4,9-15H2,1-2H3,(H,23,25);2*1H. The van der Waals surface area contributed by atoms with Gasteiger partial charge in [-0.3, -0.25) is 9.69 Å². The van der Waals surface area contributed by atoms with Crippen molar-refractivity contribution in [3.8, 4) is 0 Å². The Morgan fingerprint density at radius 2 is 1.74 bits per heavy atom. The molecule has 2 fully saturated rings. The van der Waals surface area contributed by atoms with Gasteiger partial charge in [-0.05, 0) is 48.8 Å². The summed E-state index contributed by atoms with van der Waals surface area (Å²) in [6.45, 7) is 9.84. The van der Waals surface area contributed by atoms with Crippen LogP contribution in [-0.4, -0.2) is 36.5 Å². The Labute approximate surface area is 176 Å². The van der Waals surface area contributed by atoms with Gasteiger partial charge in [0.15, 0.2) is 0 Å². The summed E-state index contributed by atoms with van der Waals surface area (Å²) < 4.78 is 0. The molecule has 3 atom stereocenters. The number of amides is 1. The maximum Gasteiger partial charge on any atom is 0.221 e. The van der Waals surface area contributed by atoms with Crippen LogP contribution in [0.1, 0.15) is 50.7 Å². The van der Waals surface area contributed by atoms with Crippen LogP contribution in [0.3, 0.4) is 0 Å². The van der Waals surface area contributed by atoms with E-state index in [0.29, 0.717) is 19.0 Å². The van der Waals surface area contributed by atoms with Gasteiger partial charge in [-0.25, -0.2) is 0 Å². The van der Waals surface area contributed by atoms with Gasteiger partial charge in [0.1, 0.15) is 0 Å². The third-order valence-corrected chi connectivity index (χ3v) is 5.46. The van der Waals surface area contributed by atoms with Gasteiger partial charge in [-0.2, -0.15) is 0 Å². The van der Waals surface area contributed by atoms with Crippen LogP contribution < -0.4 is 10.6 Å². The summed E-state index contributed by atoms with van der Waals surface area (Å²) in [5.41, 5.74) is 2.54. The molecule has 27 heavy (non-hydrogen) atoms. The average molecular weight is 416 g/mol. The molecule has 2 N–H and O–H groups in total. The number of rotatable bonds is 6. The highest BCUT2D eigenvalue weighted by atomic mass is 35.5. The molecule has 1 amide bonds. The summed E-state index contributed by atoms with van der Waals surface area (Å²) in [5.74, 6) is 1.75. The average Bonchev–Trinajstić information content (AvgIpc) is 3.06. The van der Waals surface area contributed by atoms with Crippen molar-refractivity contribution in [2.75, 3.05) is 19.6 Å². The molecule has 0 spiro atoms. The number of hydrogen-bond donors (Lipinski definition) is 2. The molecule has 2 heterocycles. The fourth-order valence-electron chi connectivity index (χ4n) is 4.37. The Bertz CT molecular complexity index is 551. The second-order valence-corrected chi connectivity index (χ2v) is 8.23. The van der Waals surface area contributed by atoms with E-state index in [9.17, 15) is 4.79 Å². The number of benzene rings is 1. The Kier molecular flexibility index (Phi) is 10.7. The molecule has 3 unspecified atom stereocenters. The molecule has 2 aliphatic heterocycles. The second-order valence-electron chi connectivity index (χ2n) is 8.23. The quantitative estimate of drug-likeness (QED) is 0.742. The topological polar surface area (TPSA) is 44.4 Å². The van der Waals surface area contributed by atoms with Crippen LogP contribution in [0.15, 0.2) is 24.3 Å². The number of carbonyl (C=O) groups is 1. The van der Waals surface area contributed by atoms with E-state index >= 15 is 0 Å². The SMILES string of the molecule is CC1CC(C)CN(Cc2ccc(CNC(=O)CC3CCCN3)cc2)C1.Cl.Cl. The Morgan fingerprint density at radius 1 is 1.11 bits per heavy atom. The van der Waals surface area contributed by atoms with Crippen molar-refractivity contribution in [2.45, 2.75) is 58.7 Å². The highest BCUT2D eigenvalue weighted by Crippen LogP contribution is 2.22. The zero-order valence-corrected chi connectivity index (χ0v) is 18.2. The molecule has 2 saturated heterocycles. The van der Waals surface area contributed by atoms with Crippen molar-refractivity contribution in [3.63, 3.8) is 0 Å². The number of nitrogens with zero attached hydrogens (tertiary/aromatic N) is 1. The monoisotopic (exact) mass is 415 g/mol. The van der Waals surface area contributed by atoms with Crippen LogP contribution in [0.2, 0.25) is 0 Å². The predicted octanol–water partition coefficient (Wildman–Crippen LogP) is 3.77. The van der Waals surface area contributed by atoms with Crippen molar-refractivity contribution in [2.24, 2.45) is 11.8 Å². The van der Waals surface area contributed by atoms with Gasteiger partial charge in [0.05, 0.1) is 0 Å². The third kappa shape index (κ3) is 7.98. The molecule has 0 saturated carbocycles. The van der Waals surface area contributed by atoms with Crippen molar-refractivity contribution < 1.29 is 4.79 Å². The minimum absolute atomic E-state index is 0. The lowest BCUT2D eigenvalue weighted by Crippen LogP contribution is -2.38. The van der Waals surface area contributed by atoms with Crippen molar-refractivity contribution >= 4 is 30.7 Å². The van der Waals surface area contributed by atoms with Crippen molar-refractivity contribution in [1.82, 2.24) is 15.5 Å². The van der Waals surface area contributed by atoms with Crippen LogP contribution in [0, 0.1) is 11.8 Å². The lowest BCUT2D eigenvalue weighted by atomic mass is 9.91. The molecular formula is C21H35Cl2N3O. The van der Waals surface area contributed by atoms with E-state index in [4.69, 9.17) is 0 Å². The second kappa shape index (κ2) is 11.9. The van der Waals surface area contributed by atoms with Crippen LogP contribution in [0.25, 0.3) is 0 Å². The number of nitrogens with one attached hydrogen (secondary N) is 2. The molecule has 0 aliphatic carbocycles. The third-order valence-electron chi connectivity index (χ3n) is 5.46. The van der Waals surface area contributed by atoms with E-state index in [1.54, 1.807) is 0 Å². The highest BCUT2D eigenvalue weighted by Gasteiger charge is 2.21. The number of halogens is 2. The molecular weight excluding hydrogens is 381 g/mol. The van der Waals surface area contributed by atoms with E-state index in [0.717, 1.165) is 31.3 Å². The molecule has 3 rings (SSSR count). The molecule has 6 heteroatoms. The molecule has 154 valence electrons. The van der Waals surface area contributed by atoms with Gasteiger partial charge in [0.25, 0.3) is 0 Å². The van der Waals surface area contributed by atoms with E-state index in [1.165, 1.54) is 37.1 Å². The first kappa shape index (κ1) is 24.2. The van der Waals surface area contributed by atoms with Crippen LogP contribution in [-0.2, 0) is 17.9 Å². The number of piperidine rings is 1. The van der Waals surface area contributed by atoms with E-state index < -0.39 is 0 Å². The number of carbonyl (C=O) groups excluding carboxylic acids is 1. The first-order valence-corrected chi connectivity index (χ1v) is 9.88. The smallest absolute Gasteiger partial charge is 0.221 e. The normalized spacial score (nSPS) is 25.3. The molecule has 2 aliphatic rings. The fraction of sp³-hybridized carbons (Fsp3) is 0.667. The van der Waals surface area contributed by atoms with Crippen LogP contribution >= 0.6 is 24.8 Å². The lowest BCUT2D eigenvalue weighted by Gasteiger charge is -2.35. The fourth-order valence-corrected chi connectivity index (χ4v) is 4.37. The minimum atomic E-state index is 0. The van der Waals surface area contributed by atoms with Gasteiger partial charge in [-0.1, -0.05) is 38.1 Å². The van der Waals surface area contributed by atoms with E-state index in [-0.39, 0.29) is 30.7 Å². The van der Waals surface area contributed by atoms with Crippen molar-refractivity contribution in [3.05, 3.63) is 35.4 Å². The Hall–Kier alpha value is -0.810. The Balaban J connectivity index is 0.00000182. The molecule has 1 aromatic carbocycles. The van der Waals surface area contributed by atoms with Crippen LogP contribution in [0.4, 0.5) is 0 Å². The van der Waals surface area contributed by atoms with Gasteiger partial charge in [0, 0.05) is 38.6 Å². The Morgan fingerprint density at radius 3 is 2.33 bits per heavy atom. The van der Waals surface area contributed by atoms with Gasteiger partial charge in [-0.15, -0.1) is 24.8 Å². The van der Waals surface area contributed by atoms with Crippen LogP contribution in [0.5, 0.6) is 0 Å². The van der Waals surface area contributed by atoms with E-state index in [1.807, 2.05) is 0 Å². The number of hydrogen-bond acceptors (Lipinski definition) is 3. The zero-order valence-electron chi connectivity index (χ0n) is 16.6. The molecule has 0 radical (unpaired) electrons. The summed E-state index contributed by atoms with van der Waals surface area (Å²) in [7, 11) is 0. The number of likely N-dealkylation sites (tertiary alicyclic amines) is 1.